The highest BCUT2D eigenvalue weighted by atomic mass is 16.5. The molecule has 2 heterocycles. The van der Waals surface area contributed by atoms with Crippen LogP contribution in [0.4, 0.5) is 0 Å². The average Bonchev–Trinajstić information content (AvgIpc) is 3.17. The highest BCUT2D eigenvalue weighted by molar-refractivity contribution is 5.79. The highest BCUT2D eigenvalue weighted by Gasteiger charge is 2.28. The number of hydrogen-bond acceptors (Lipinski definition) is 4. The molecule has 1 saturated heterocycles. The second-order valence-corrected chi connectivity index (χ2v) is 6.24. The molecular formula is C18H24N4O2. The number of benzene rings is 1. The fraction of sp³-hybridized carbons (Fsp3) is 0.444. The number of likely N-dealkylation sites (tertiary alicyclic amines) is 1. The maximum absolute atomic E-state index is 12.2. The maximum atomic E-state index is 12.2. The second kappa shape index (κ2) is 7.49. The zero-order valence-corrected chi connectivity index (χ0v) is 14.2. The van der Waals surface area contributed by atoms with E-state index in [1.165, 1.54) is 5.56 Å². The summed E-state index contributed by atoms with van der Waals surface area (Å²) in [7, 11) is 3.57. The first-order valence-corrected chi connectivity index (χ1v) is 8.25. The van der Waals surface area contributed by atoms with E-state index < -0.39 is 0 Å². The van der Waals surface area contributed by atoms with Gasteiger partial charge in [-0.25, -0.2) is 0 Å². The number of aromatic nitrogens is 2. The smallest absolute Gasteiger partial charge is 0.224 e. The molecule has 6 heteroatoms. The predicted octanol–water partition coefficient (Wildman–Crippen LogP) is 1.36. The Hall–Kier alpha value is -2.34. The molecule has 1 aliphatic rings. The minimum absolute atomic E-state index is 0.216. The van der Waals surface area contributed by atoms with Gasteiger partial charge in [0.2, 0.25) is 5.91 Å². The number of hydrogen-bond donors (Lipinski definition) is 1. The minimum atomic E-state index is 0.216. The van der Waals surface area contributed by atoms with Gasteiger partial charge in [-0.3, -0.25) is 9.48 Å². The van der Waals surface area contributed by atoms with E-state index in [1.54, 1.807) is 11.8 Å². The number of methoxy groups -OCH3 is 1. The predicted molar refractivity (Wildman–Crippen MR) is 91.7 cm³/mol. The second-order valence-electron chi connectivity index (χ2n) is 6.24. The van der Waals surface area contributed by atoms with Crippen LogP contribution in [0, 0.1) is 0 Å². The molecule has 2 aromatic rings. The maximum Gasteiger partial charge on any atom is 0.224 e. The zero-order chi connectivity index (χ0) is 16.9. The molecule has 0 radical (unpaired) electrons. The van der Waals surface area contributed by atoms with Crippen molar-refractivity contribution >= 4 is 5.91 Å². The molecule has 24 heavy (non-hydrogen) atoms. The summed E-state index contributed by atoms with van der Waals surface area (Å²) in [4.78, 5) is 14.1. The van der Waals surface area contributed by atoms with Gasteiger partial charge in [-0.2, -0.15) is 5.10 Å². The summed E-state index contributed by atoms with van der Waals surface area (Å²) >= 11 is 0. The summed E-state index contributed by atoms with van der Waals surface area (Å²) < 4.78 is 6.95. The van der Waals surface area contributed by atoms with Crippen LogP contribution in [-0.4, -0.2) is 46.8 Å². The van der Waals surface area contributed by atoms with Crippen LogP contribution in [0.2, 0.25) is 0 Å². The van der Waals surface area contributed by atoms with Gasteiger partial charge in [0.25, 0.3) is 0 Å². The van der Waals surface area contributed by atoms with Crippen LogP contribution in [0.15, 0.2) is 36.7 Å². The molecule has 0 bridgehead atoms. The Labute approximate surface area is 142 Å². The van der Waals surface area contributed by atoms with Crippen LogP contribution in [-0.2, 0) is 24.8 Å². The topological polar surface area (TPSA) is 59.4 Å². The lowest BCUT2D eigenvalue weighted by molar-refractivity contribution is -0.127. The first-order chi connectivity index (χ1) is 11.6. The van der Waals surface area contributed by atoms with Gasteiger partial charge in [0, 0.05) is 50.9 Å². The van der Waals surface area contributed by atoms with E-state index in [4.69, 9.17) is 4.74 Å². The van der Waals surface area contributed by atoms with Crippen molar-refractivity contribution in [3.63, 3.8) is 0 Å². The van der Waals surface area contributed by atoms with Crippen molar-refractivity contribution in [1.29, 1.82) is 0 Å². The first-order valence-electron chi connectivity index (χ1n) is 8.25. The Morgan fingerprint density at radius 3 is 2.75 bits per heavy atom. The Balaban J connectivity index is 1.45. The van der Waals surface area contributed by atoms with E-state index in [2.05, 4.69) is 22.5 Å². The van der Waals surface area contributed by atoms with Crippen molar-refractivity contribution in [3.8, 4) is 5.75 Å². The lowest BCUT2D eigenvalue weighted by Gasteiger charge is -2.17. The summed E-state index contributed by atoms with van der Waals surface area (Å²) in [6.45, 7) is 2.28. The number of rotatable bonds is 7. The van der Waals surface area contributed by atoms with E-state index in [9.17, 15) is 4.79 Å². The standard InChI is InChI=1S/C18H24N4O2/c1-21-12-15(11-20-21)10-19-16-9-18(23)22(13-16)8-7-14-3-5-17(24-2)6-4-14/h3-6,11-12,16,19H,7-10,13H2,1-2H3. The van der Waals surface area contributed by atoms with Gasteiger partial charge < -0.3 is 15.0 Å². The Morgan fingerprint density at radius 1 is 1.29 bits per heavy atom. The van der Waals surface area contributed by atoms with Gasteiger partial charge in [-0.1, -0.05) is 12.1 Å². The van der Waals surface area contributed by atoms with Crippen molar-refractivity contribution < 1.29 is 9.53 Å². The van der Waals surface area contributed by atoms with Crippen LogP contribution in [0.3, 0.4) is 0 Å². The fourth-order valence-electron chi connectivity index (χ4n) is 3.01. The third-order valence-electron chi connectivity index (χ3n) is 4.40. The quantitative estimate of drug-likeness (QED) is 0.834. The lowest BCUT2D eigenvalue weighted by atomic mass is 10.1. The largest absolute Gasteiger partial charge is 0.497 e. The number of nitrogens with one attached hydrogen (secondary N) is 1. The molecule has 1 atom stereocenters. The number of amides is 1. The Kier molecular flexibility index (Phi) is 5.15. The third kappa shape index (κ3) is 4.14. The SMILES string of the molecule is COc1ccc(CCN2CC(NCc3cnn(C)c3)CC2=O)cc1. The molecule has 0 saturated carbocycles. The molecule has 128 valence electrons. The molecule has 1 aromatic carbocycles. The zero-order valence-electron chi connectivity index (χ0n) is 14.2. The average molecular weight is 328 g/mol. The normalized spacial score (nSPS) is 17.5. The molecule has 1 N–H and O–H groups in total. The third-order valence-corrected chi connectivity index (χ3v) is 4.40. The van der Waals surface area contributed by atoms with Crippen molar-refractivity contribution in [3.05, 3.63) is 47.8 Å². The van der Waals surface area contributed by atoms with Crippen molar-refractivity contribution in [1.82, 2.24) is 20.0 Å². The summed E-state index contributed by atoms with van der Waals surface area (Å²) in [6, 6.07) is 8.24. The lowest BCUT2D eigenvalue weighted by Crippen LogP contribution is -2.33. The van der Waals surface area contributed by atoms with Crippen molar-refractivity contribution in [2.24, 2.45) is 7.05 Å². The van der Waals surface area contributed by atoms with E-state index in [0.717, 1.165) is 37.4 Å². The Morgan fingerprint density at radius 2 is 2.08 bits per heavy atom. The summed E-state index contributed by atoms with van der Waals surface area (Å²) in [5.74, 6) is 1.09. The molecule has 0 spiro atoms. The number of aryl methyl sites for hydroxylation is 1. The molecule has 3 rings (SSSR count). The van der Waals surface area contributed by atoms with Crippen LogP contribution in [0.25, 0.3) is 0 Å². The van der Waals surface area contributed by atoms with Gasteiger partial charge in [-0.15, -0.1) is 0 Å². The van der Waals surface area contributed by atoms with Gasteiger partial charge >= 0.3 is 0 Å². The fourth-order valence-corrected chi connectivity index (χ4v) is 3.01. The van der Waals surface area contributed by atoms with E-state index >= 15 is 0 Å². The number of carbonyl (C=O) groups is 1. The Bertz CT molecular complexity index is 681. The van der Waals surface area contributed by atoms with Crippen LogP contribution in [0.1, 0.15) is 17.5 Å². The molecule has 1 aromatic heterocycles. The molecule has 1 amide bonds. The van der Waals surface area contributed by atoms with Gasteiger partial charge in [0.05, 0.1) is 13.3 Å². The first kappa shape index (κ1) is 16.5. The van der Waals surface area contributed by atoms with E-state index in [1.807, 2.05) is 36.5 Å². The van der Waals surface area contributed by atoms with Crippen LogP contribution < -0.4 is 10.1 Å². The molecule has 1 fully saturated rings. The number of carbonyl (C=O) groups excluding carboxylic acids is 1. The number of nitrogens with zero attached hydrogens (tertiary/aromatic N) is 3. The van der Waals surface area contributed by atoms with Crippen LogP contribution in [0.5, 0.6) is 5.75 Å². The summed E-state index contributed by atoms with van der Waals surface area (Å²) in [5.41, 5.74) is 2.36. The summed E-state index contributed by atoms with van der Waals surface area (Å²) in [5, 5.41) is 7.61. The molecule has 1 aliphatic heterocycles. The van der Waals surface area contributed by atoms with E-state index in [0.29, 0.717) is 6.42 Å². The summed E-state index contributed by atoms with van der Waals surface area (Å²) in [6.07, 6.45) is 5.28. The molecule has 6 nitrogen and oxygen atoms in total. The van der Waals surface area contributed by atoms with Crippen molar-refractivity contribution in [2.45, 2.75) is 25.4 Å². The number of ether oxygens (including phenoxy) is 1. The van der Waals surface area contributed by atoms with Crippen LogP contribution >= 0.6 is 0 Å². The minimum Gasteiger partial charge on any atom is -0.497 e. The highest BCUT2D eigenvalue weighted by Crippen LogP contribution is 2.15. The van der Waals surface area contributed by atoms with Crippen molar-refractivity contribution in [2.75, 3.05) is 20.2 Å². The molecular weight excluding hydrogens is 304 g/mol. The van der Waals surface area contributed by atoms with Gasteiger partial charge in [0.15, 0.2) is 0 Å². The van der Waals surface area contributed by atoms with Gasteiger partial charge in [0.1, 0.15) is 5.75 Å². The van der Waals surface area contributed by atoms with Gasteiger partial charge in [-0.05, 0) is 24.1 Å². The monoisotopic (exact) mass is 328 g/mol. The molecule has 1 unspecified atom stereocenters. The molecule has 0 aliphatic carbocycles. The van der Waals surface area contributed by atoms with E-state index in [-0.39, 0.29) is 11.9 Å².